The first-order valence-electron chi connectivity index (χ1n) is 34.7. The van der Waals surface area contributed by atoms with Crippen LogP contribution in [0, 0.1) is 0 Å². The number of unbranched alkanes of at least 4 members (excludes halogenated alkanes) is 44. The summed E-state index contributed by atoms with van der Waals surface area (Å²) in [6.45, 7) is 4.89. The van der Waals surface area contributed by atoms with Gasteiger partial charge in [-0.15, -0.1) is 0 Å². The summed E-state index contributed by atoms with van der Waals surface area (Å²) in [4.78, 5) is 37.4. The second kappa shape index (κ2) is 62.6. The van der Waals surface area contributed by atoms with Crippen LogP contribution in [-0.4, -0.2) is 87.4 Å². The molecule has 0 aromatic heterocycles. The molecule has 0 spiro atoms. The van der Waals surface area contributed by atoms with Crippen LogP contribution in [0.5, 0.6) is 0 Å². The number of esters is 2. The fourth-order valence-corrected chi connectivity index (χ4v) is 10.3. The summed E-state index contributed by atoms with van der Waals surface area (Å²) in [7, 11) is 5.98. The van der Waals surface area contributed by atoms with Crippen LogP contribution in [0.25, 0.3) is 0 Å². The standard InChI is InChI=1S/C71H133NO8/c1-6-8-10-12-14-16-18-20-22-23-24-25-26-27-28-29-30-31-32-33-34-35-36-37-38-39-40-41-42-43-44-45-46-47-48-50-52-54-56-58-60-62-69(74)80-67(66-79-71(70(75)76)77-64-63-72(3,4)5)65-78-68(73)61-59-57-55-53-51-49-21-19-17-15-13-11-9-7-2/h18-21,23-24,67,71H,6-17,22,25-66H2,1-5H3/p+1/b20-18-,21-19-,24-23-. The minimum absolute atomic E-state index is 0.181. The van der Waals surface area contributed by atoms with E-state index in [1.807, 2.05) is 21.1 Å². The van der Waals surface area contributed by atoms with E-state index in [0.717, 1.165) is 57.8 Å². The number of ether oxygens (including phenoxy) is 4. The van der Waals surface area contributed by atoms with E-state index in [4.69, 9.17) is 18.9 Å². The molecule has 9 nitrogen and oxygen atoms in total. The molecule has 9 heteroatoms. The van der Waals surface area contributed by atoms with Crippen molar-refractivity contribution in [3.63, 3.8) is 0 Å². The molecule has 0 aromatic rings. The van der Waals surface area contributed by atoms with Gasteiger partial charge in [-0.3, -0.25) is 9.59 Å². The zero-order valence-electron chi connectivity index (χ0n) is 53.8. The molecule has 0 bridgehead atoms. The number of quaternary nitrogens is 1. The maximum Gasteiger partial charge on any atom is 0.361 e. The van der Waals surface area contributed by atoms with Gasteiger partial charge >= 0.3 is 17.9 Å². The Bertz CT molecular complexity index is 1410. The Hall–Kier alpha value is -2.49. The molecule has 0 saturated carbocycles. The number of hydrogen-bond acceptors (Lipinski definition) is 7. The first-order chi connectivity index (χ1) is 39.1. The van der Waals surface area contributed by atoms with Gasteiger partial charge in [0.15, 0.2) is 6.10 Å². The average Bonchev–Trinajstić information content (AvgIpc) is 3.43. The van der Waals surface area contributed by atoms with Crippen LogP contribution in [0.15, 0.2) is 36.5 Å². The van der Waals surface area contributed by atoms with E-state index >= 15 is 0 Å². The first-order valence-corrected chi connectivity index (χ1v) is 34.7. The molecule has 0 amide bonds. The van der Waals surface area contributed by atoms with Crippen LogP contribution in [0.1, 0.15) is 341 Å². The molecule has 2 unspecified atom stereocenters. The Balaban J connectivity index is 3.88. The van der Waals surface area contributed by atoms with Crippen molar-refractivity contribution in [3.8, 4) is 0 Å². The molecule has 0 aliphatic heterocycles. The molecule has 0 aliphatic rings. The van der Waals surface area contributed by atoms with Crippen LogP contribution in [0.3, 0.4) is 0 Å². The quantitative estimate of drug-likeness (QED) is 0.0211. The van der Waals surface area contributed by atoms with Gasteiger partial charge in [-0.1, -0.05) is 294 Å². The van der Waals surface area contributed by atoms with Gasteiger partial charge in [0.1, 0.15) is 13.2 Å². The number of carboxylic acids is 1. The number of carbonyl (C=O) groups is 3. The van der Waals surface area contributed by atoms with Crippen LogP contribution in [0.4, 0.5) is 0 Å². The predicted molar refractivity (Wildman–Crippen MR) is 341 cm³/mol. The number of allylic oxidation sites excluding steroid dienone is 6. The van der Waals surface area contributed by atoms with E-state index < -0.39 is 18.4 Å². The SMILES string of the molecule is CCCCCCC/C=C\C/C=C\CCCCCCCCCCCCCCCCCCCCCCCCCCCCCCCC(=O)OC(COC(=O)CCCCCCC/C=C\CCCCCCC)COC(OCC[N+](C)(C)C)C(=O)O. The fraction of sp³-hybridized carbons (Fsp3) is 0.873. The van der Waals surface area contributed by atoms with Crippen molar-refractivity contribution >= 4 is 17.9 Å². The third-order valence-corrected chi connectivity index (χ3v) is 15.6. The van der Waals surface area contributed by atoms with Crippen molar-refractivity contribution in [3.05, 3.63) is 36.5 Å². The lowest BCUT2D eigenvalue weighted by molar-refractivity contribution is -0.870. The highest BCUT2D eigenvalue weighted by atomic mass is 16.7. The third kappa shape index (κ3) is 63.1. The van der Waals surface area contributed by atoms with Gasteiger partial charge in [0.25, 0.3) is 6.29 Å². The molecule has 470 valence electrons. The number of rotatable bonds is 65. The van der Waals surface area contributed by atoms with Crippen LogP contribution in [-0.2, 0) is 33.3 Å². The molecule has 0 rings (SSSR count). The second-order valence-electron chi connectivity index (χ2n) is 24.8. The van der Waals surface area contributed by atoms with E-state index in [2.05, 4.69) is 50.3 Å². The number of hydrogen-bond donors (Lipinski definition) is 1. The zero-order chi connectivity index (χ0) is 58.3. The van der Waals surface area contributed by atoms with E-state index in [-0.39, 0.29) is 38.2 Å². The molecule has 0 heterocycles. The van der Waals surface area contributed by atoms with E-state index in [9.17, 15) is 19.5 Å². The Kier molecular flexibility index (Phi) is 60.6. The summed E-state index contributed by atoms with van der Waals surface area (Å²) < 4.78 is 22.9. The lowest BCUT2D eigenvalue weighted by atomic mass is 10.0. The van der Waals surface area contributed by atoms with Crippen molar-refractivity contribution in [2.24, 2.45) is 0 Å². The highest BCUT2D eigenvalue weighted by Gasteiger charge is 2.25. The van der Waals surface area contributed by atoms with Gasteiger partial charge in [0, 0.05) is 12.8 Å². The minimum atomic E-state index is -1.51. The van der Waals surface area contributed by atoms with E-state index in [1.165, 1.54) is 257 Å². The summed E-state index contributed by atoms with van der Waals surface area (Å²) in [5.41, 5.74) is 0. The van der Waals surface area contributed by atoms with Gasteiger partial charge in [-0.25, -0.2) is 4.79 Å². The van der Waals surface area contributed by atoms with Gasteiger partial charge in [-0.2, -0.15) is 0 Å². The van der Waals surface area contributed by atoms with Crippen molar-refractivity contribution in [2.45, 2.75) is 354 Å². The number of carboxylic acid groups (broad SMARTS) is 1. The van der Waals surface area contributed by atoms with Crippen LogP contribution >= 0.6 is 0 Å². The average molecular weight is 1130 g/mol. The molecule has 2 atom stereocenters. The molecule has 0 aliphatic carbocycles. The van der Waals surface area contributed by atoms with Crippen LogP contribution < -0.4 is 0 Å². The Labute approximate surface area is 496 Å². The van der Waals surface area contributed by atoms with Gasteiger partial charge in [0.2, 0.25) is 0 Å². The fourth-order valence-electron chi connectivity index (χ4n) is 10.3. The molecule has 80 heavy (non-hydrogen) atoms. The summed E-state index contributed by atoms with van der Waals surface area (Å²) in [6.07, 6.45) is 75.7. The van der Waals surface area contributed by atoms with Crippen LogP contribution in [0.2, 0.25) is 0 Å². The first kappa shape index (κ1) is 77.5. The number of carbonyl (C=O) groups excluding carboxylic acids is 2. The molecular weight excluding hydrogens is 995 g/mol. The largest absolute Gasteiger partial charge is 0.477 e. The summed E-state index contributed by atoms with van der Waals surface area (Å²) in [6, 6.07) is 0. The Morgan fingerprint density at radius 1 is 0.375 bits per heavy atom. The normalized spacial score (nSPS) is 12.9. The molecule has 0 radical (unpaired) electrons. The Morgan fingerprint density at radius 2 is 0.675 bits per heavy atom. The lowest BCUT2D eigenvalue weighted by Crippen LogP contribution is -2.40. The maximum absolute atomic E-state index is 12.9. The number of likely N-dealkylation sites (N-methyl/N-ethyl adjacent to an activating group) is 1. The molecule has 0 fully saturated rings. The lowest BCUT2D eigenvalue weighted by Gasteiger charge is -2.25. The summed E-state index contributed by atoms with van der Waals surface area (Å²) in [5, 5.41) is 9.71. The third-order valence-electron chi connectivity index (χ3n) is 15.6. The van der Waals surface area contributed by atoms with Crippen molar-refractivity contribution in [2.75, 3.05) is 47.5 Å². The van der Waals surface area contributed by atoms with Gasteiger partial charge in [-0.05, 0) is 70.6 Å². The van der Waals surface area contributed by atoms with Crippen molar-refractivity contribution < 1.29 is 42.9 Å². The minimum Gasteiger partial charge on any atom is -0.477 e. The maximum atomic E-state index is 12.9. The topological polar surface area (TPSA) is 108 Å². The monoisotopic (exact) mass is 1130 g/mol. The van der Waals surface area contributed by atoms with E-state index in [0.29, 0.717) is 17.4 Å². The molecule has 1 N–H and O–H groups in total. The molecule has 0 saturated heterocycles. The number of nitrogens with zero attached hydrogens (tertiary/aromatic N) is 1. The highest BCUT2D eigenvalue weighted by Crippen LogP contribution is 2.18. The number of aliphatic carboxylic acids is 1. The highest BCUT2D eigenvalue weighted by molar-refractivity contribution is 5.71. The predicted octanol–water partition coefficient (Wildman–Crippen LogP) is 21.2. The zero-order valence-corrected chi connectivity index (χ0v) is 53.8. The Morgan fingerprint density at radius 3 is 1.00 bits per heavy atom. The smallest absolute Gasteiger partial charge is 0.361 e. The van der Waals surface area contributed by atoms with Crippen molar-refractivity contribution in [1.29, 1.82) is 0 Å². The summed E-state index contributed by atoms with van der Waals surface area (Å²) in [5.74, 6) is -2.00. The second-order valence-corrected chi connectivity index (χ2v) is 24.8. The van der Waals surface area contributed by atoms with Gasteiger partial charge in [0.05, 0.1) is 34.4 Å². The summed E-state index contributed by atoms with van der Waals surface area (Å²) >= 11 is 0. The van der Waals surface area contributed by atoms with Gasteiger partial charge < -0.3 is 28.5 Å². The van der Waals surface area contributed by atoms with Crippen molar-refractivity contribution in [1.82, 2.24) is 0 Å². The van der Waals surface area contributed by atoms with E-state index in [1.54, 1.807) is 0 Å². The molecule has 0 aromatic carbocycles. The molecular formula is C71H134NO8+.